The van der Waals surface area contributed by atoms with Crippen LogP contribution in [0.15, 0.2) is 16.8 Å². The fourth-order valence-corrected chi connectivity index (χ4v) is 0.828. The number of aliphatic imine (C=N–C) groups is 1. The zero-order valence-electron chi connectivity index (χ0n) is 9.05. The maximum atomic E-state index is 10.6. The van der Waals surface area contributed by atoms with Crippen LogP contribution >= 0.6 is 0 Å². The summed E-state index contributed by atoms with van der Waals surface area (Å²) in [5.74, 6) is 0.0553. The predicted molar refractivity (Wildman–Crippen MR) is 50.3 cm³/mol. The second-order valence-corrected chi connectivity index (χ2v) is 2.63. The van der Waals surface area contributed by atoms with Gasteiger partial charge in [0.1, 0.15) is 0 Å². The monoisotopic (exact) mass is 192 g/mol. The van der Waals surface area contributed by atoms with E-state index in [1.165, 1.54) is 6.92 Å². The molecule has 3 nitrogen and oxygen atoms in total. The maximum Gasteiger partial charge on any atom is 1.00 e. The van der Waals surface area contributed by atoms with Crippen molar-refractivity contribution in [1.82, 2.24) is 5.32 Å². The summed E-state index contributed by atoms with van der Waals surface area (Å²) in [5.41, 5.74) is 0.806. The molecule has 0 radical (unpaired) electrons. The van der Waals surface area contributed by atoms with E-state index in [2.05, 4.69) is 17.2 Å². The second-order valence-electron chi connectivity index (χ2n) is 2.63. The predicted octanol–water partition coefficient (Wildman–Crippen LogP) is -2.68. The molecule has 4 heteroatoms. The van der Waals surface area contributed by atoms with Gasteiger partial charge in [-0.25, -0.2) is 0 Å². The Bertz CT molecular complexity index is 174. The third kappa shape index (κ3) is 12.2. The van der Waals surface area contributed by atoms with Crippen LogP contribution in [0.4, 0.5) is 0 Å². The van der Waals surface area contributed by atoms with E-state index in [4.69, 9.17) is 0 Å². The summed E-state index contributed by atoms with van der Waals surface area (Å²) in [7, 11) is 0. The van der Waals surface area contributed by atoms with Crippen molar-refractivity contribution in [2.45, 2.75) is 20.8 Å². The van der Waals surface area contributed by atoms with Gasteiger partial charge in [0.2, 0.25) is 0 Å². The van der Waals surface area contributed by atoms with E-state index >= 15 is 0 Å². The van der Waals surface area contributed by atoms with Crippen molar-refractivity contribution in [3.05, 3.63) is 11.8 Å². The number of allylic oxidation sites excluding steroid dienone is 2. The topological polar surface area (TPSA) is 47.5 Å². The quantitative estimate of drug-likeness (QED) is 0.223. The van der Waals surface area contributed by atoms with Crippen LogP contribution < -0.4 is 40.0 Å². The Kier molecular flexibility index (Phi) is 12.3. The van der Waals surface area contributed by atoms with Crippen LogP contribution in [0.3, 0.4) is 0 Å². The molecule has 1 N–H and O–H groups in total. The number of nitrogens with zero attached hydrogens (tertiary/aromatic N) is 1. The fraction of sp³-hybridized carbons (Fsp3) is 0.667. The van der Waals surface area contributed by atoms with Crippen molar-refractivity contribution in [1.29, 1.82) is 0 Å². The van der Waals surface area contributed by atoms with Crippen molar-refractivity contribution in [3.63, 3.8) is 0 Å². The summed E-state index contributed by atoms with van der Waals surface area (Å²) in [6.07, 6.45) is 1.55. The molecule has 0 heterocycles. The number of likely N-dealkylation sites (N-methyl/N-ethyl adjacent to an activating group) is 1. The van der Waals surface area contributed by atoms with E-state index in [-0.39, 0.29) is 35.3 Å². The molecule has 0 spiro atoms. The van der Waals surface area contributed by atoms with Crippen LogP contribution in [0.2, 0.25) is 0 Å². The minimum absolute atomic E-state index is 0. The van der Waals surface area contributed by atoms with Crippen LogP contribution in [-0.2, 0) is 0 Å². The number of rotatable bonds is 5. The molecule has 0 aromatic rings. The normalized spacial score (nSPS) is 12.5. The van der Waals surface area contributed by atoms with E-state index in [0.717, 1.165) is 25.3 Å². The summed E-state index contributed by atoms with van der Waals surface area (Å²) in [5, 5.41) is 13.7. The van der Waals surface area contributed by atoms with Crippen molar-refractivity contribution in [3.8, 4) is 0 Å². The fourth-order valence-electron chi connectivity index (χ4n) is 0.828. The van der Waals surface area contributed by atoms with Gasteiger partial charge in [0.05, 0.1) is 6.54 Å². The Morgan fingerprint density at radius 3 is 2.54 bits per heavy atom. The Morgan fingerprint density at radius 1 is 1.46 bits per heavy atom. The summed E-state index contributed by atoms with van der Waals surface area (Å²) >= 11 is 0. The Labute approximate surface area is 103 Å². The van der Waals surface area contributed by atoms with Gasteiger partial charge >= 0.3 is 29.6 Å². The molecule has 0 atom stereocenters. The first-order chi connectivity index (χ1) is 5.66. The molecule has 0 aromatic heterocycles. The van der Waals surface area contributed by atoms with E-state index in [9.17, 15) is 5.11 Å². The second kappa shape index (κ2) is 10.3. The minimum atomic E-state index is 0. The molecule has 0 rings (SSSR count). The largest absolute Gasteiger partial charge is 1.00 e. The van der Waals surface area contributed by atoms with Gasteiger partial charge in [-0.15, -0.1) is 5.76 Å². The molecule has 0 aliphatic heterocycles. The van der Waals surface area contributed by atoms with Crippen molar-refractivity contribution in [2.24, 2.45) is 4.99 Å². The first kappa shape index (κ1) is 15.6. The third-order valence-corrected chi connectivity index (χ3v) is 1.31. The van der Waals surface area contributed by atoms with Gasteiger partial charge in [-0.3, -0.25) is 4.99 Å². The molecule has 0 aromatic carbocycles. The Morgan fingerprint density at radius 2 is 2.08 bits per heavy atom. The van der Waals surface area contributed by atoms with Crippen molar-refractivity contribution >= 4 is 5.71 Å². The molecular weight excluding hydrogens is 175 g/mol. The number of hydrogen-bond acceptors (Lipinski definition) is 3. The molecule has 0 aliphatic rings. The standard InChI is InChI=1S/C9H18N2O.Na/c1-4-10-5-6-11-8(2)7-9(3)12;/h7,10,12H,4-6H2,1-3H3;/q;+1/p-1/b9-7+,11-8?;. The maximum absolute atomic E-state index is 10.6. The van der Waals surface area contributed by atoms with Crippen molar-refractivity contribution < 1.29 is 34.7 Å². The minimum Gasteiger partial charge on any atom is -0.876 e. The van der Waals surface area contributed by atoms with Gasteiger partial charge < -0.3 is 10.4 Å². The SMILES string of the molecule is CCNCCN=C(C)/C=C(\C)[O-].[Na+]. The average Bonchev–Trinajstić information content (AvgIpc) is 1.97. The molecule has 70 valence electrons. The third-order valence-electron chi connectivity index (χ3n) is 1.31. The first-order valence-electron chi connectivity index (χ1n) is 4.24. The molecule has 0 bridgehead atoms. The Balaban J connectivity index is 0. The summed E-state index contributed by atoms with van der Waals surface area (Å²) < 4.78 is 0. The molecule has 0 amide bonds. The van der Waals surface area contributed by atoms with Gasteiger partial charge in [0.25, 0.3) is 0 Å². The van der Waals surface area contributed by atoms with Gasteiger partial charge in [-0.1, -0.05) is 19.9 Å². The molecule has 0 saturated heterocycles. The van der Waals surface area contributed by atoms with Gasteiger partial charge in [0, 0.05) is 12.3 Å². The van der Waals surface area contributed by atoms with E-state index < -0.39 is 0 Å². The number of nitrogens with one attached hydrogen (secondary N) is 1. The van der Waals surface area contributed by atoms with E-state index in [1.807, 2.05) is 6.92 Å². The van der Waals surface area contributed by atoms with Crippen molar-refractivity contribution in [2.75, 3.05) is 19.6 Å². The molecule has 13 heavy (non-hydrogen) atoms. The van der Waals surface area contributed by atoms with E-state index in [1.54, 1.807) is 6.08 Å². The average molecular weight is 192 g/mol. The zero-order chi connectivity index (χ0) is 9.40. The zero-order valence-corrected chi connectivity index (χ0v) is 11.1. The summed E-state index contributed by atoms with van der Waals surface area (Å²) in [6, 6.07) is 0. The molecule has 0 fully saturated rings. The molecule has 0 unspecified atom stereocenters. The van der Waals surface area contributed by atoms with Crippen LogP contribution in [0.25, 0.3) is 0 Å². The van der Waals surface area contributed by atoms with Crippen LogP contribution in [0, 0.1) is 0 Å². The Hall–Kier alpha value is 0.170. The van der Waals surface area contributed by atoms with Crippen LogP contribution in [-0.4, -0.2) is 25.3 Å². The van der Waals surface area contributed by atoms with Crippen LogP contribution in [0.5, 0.6) is 0 Å². The molecule has 0 aliphatic carbocycles. The van der Waals surface area contributed by atoms with Crippen LogP contribution in [0.1, 0.15) is 20.8 Å². The summed E-state index contributed by atoms with van der Waals surface area (Å²) in [4.78, 5) is 4.18. The van der Waals surface area contributed by atoms with E-state index in [0.29, 0.717) is 0 Å². The van der Waals surface area contributed by atoms with Gasteiger partial charge in [0.15, 0.2) is 0 Å². The van der Waals surface area contributed by atoms with Gasteiger partial charge in [-0.2, -0.15) is 0 Å². The summed E-state index contributed by atoms with van der Waals surface area (Å²) in [6.45, 7) is 8.00. The molecule has 0 saturated carbocycles. The number of hydrogen-bond donors (Lipinski definition) is 1. The van der Waals surface area contributed by atoms with Gasteiger partial charge in [-0.05, 0) is 13.5 Å². The molecular formula is C9H17N2NaO. The smallest absolute Gasteiger partial charge is 0.876 e. The first-order valence-corrected chi connectivity index (χ1v) is 4.24.